The highest BCUT2D eigenvalue weighted by Crippen LogP contribution is 2.05. The van der Waals surface area contributed by atoms with Crippen LogP contribution in [0.25, 0.3) is 0 Å². The predicted molar refractivity (Wildman–Crippen MR) is 70.8 cm³/mol. The number of nitrogens with zero attached hydrogens (tertiary/aromatic N) is 1. The molecule has 0 saturated carbocycles. The van der Waals surface area contributed by atoms with Crippen molar-refractivity contribution in [3.05, 3.63) is 60.4 Å². The molecule has 0 aliphatic rings. The summed E-state index contributed by atoms with van der Waals surface area (Å²) >= 11 is 0. The minimum Gasteiger partial charge on any atom is -0.383 e. The molecule has 2 rings (SSSR count). The predicted octanol–water partition coefficient (Wildman–Crippen LogP) is 2.06. The lowest BCUT2D eigenvalue weighted by molar-refractivity contribution is 0.699. The van der Waals surface area contributed by atoms with Crippen LogP contribution >= 0.6 is 0 Å². The first kappa shape index (κ1) is 11.6. The number of anilines is 1. The van der Waals surface area contributed by atoms with E-state index >= 15 is 0 Å². The number of hydrogen-bond donors (Lipinski definition) is 2. The minimum atomic E-state index is 0.116. The molecule has 1 aromatic heterocycles. The number of nitrogens with one attached hydrogen (secondary N) is 1. The number of rotatable bonds is 5. The Morgan fingerprint density at radius 3 is 2.47 bits per heavy atom. The summed E-state index contributed by atoms with van der Waals surface area (Å²) in [7, 11) is 0. The van der Waals surface area contributed by atoms with Gasteiger partial charge in [0.05, 0.1) is 0 Å². The van der Waals surface area contributed by atoms with E-state index < -0.39 is 0 Å². The van der Waals surface area contributed by atoms with Crippen molar-refractivity contribution in [3.8, 4) is 0 Å². The molecule has 2 aromatic rings. The average Bonchev–Trinajstić information content (AvgIpc) is 2.39. The highest BCUT2D eigenvalue weighted by molar-refractivity contribution is 5.40. The van der Waals surface area contributed by atoms with Gasteiger partial charge in [-0.2, -0.15) is 0 Å². The molecule has 1 atom stereocenters. The smallest absolute Gasteiger partial charge is 0.0371 e. The summed E-state index contributed by atoms with van der Waals surface area (Å²) in [5.74, 6) is 0. The van der Waals surface area contributed by atoms with Gasteiger partial charge >= 0.3 is 0 Å². The third kappa shape index (κ3) is 3.89. The van der Waals surface area contributed by atoms with Crippen molar-refractivity contribution in [1.82, 2.24) is 4.98 Å². The maximum atomic E-state index is 6.08. The first-order valence-corrected chi connectivity index (χ1v) is 5.78. The van der Waals surface area contributed by atoms with Gasteiger partial charge in [0.25, 0.3) is 0 Å². The van der Waals surface area contributed by atoms with Gasteiger partial charge in [-0.25, -0.2) is 0 Å². The van der Waals surface area contributed by atoms with E-state index in [0.717, 1.165) is 18.7 Å². The molecule has 0 fully saturated rings. The van der Waals surface area contributed by atoms with Crippen LogP contribution in [0.1, 0.15) is 5.56 Å². The molecule has 3 heteroatoms. The second kappa shape index (κ2) is 6.01. The Morgan fingerprint density at radius 1 is 1.06 bits per heavy atom. The van der Waals surface area contributed by atoms with Gasteiger partial charge in [0.15, 0.2) is 0 Å². The van der Waals surface area contributed by atoms with Crippen molar-refractivity contribution >= 4 is 5.69 Å². The zero-order valence-corrected chi connectivity index (χ0v) is 9.71. The van der Waals surface area contributed by atoms with Crippen molar-refractivity contribution in [2.24, 2.45) is 5.73 Å². The Bertz CT molecular complexity index is 428. The first-order valence-electron chi connectivity index (χ1n) is 5.78. The standard InChI is InChI=1S/C14H17N3/c15-13(10-12-4-2-1-3-5-12)11-17-14-6-8-16-9-7-14/h1-9,13H,10-11,15H2,(H,16,17)/t13-/m1/s1. The van der Waals surface area contributed by atoms with E-state index in [0.29, 0.717) is 0 Å². The van der Waals surface area contributed by atoms with Crippen LogP contribution in [0.2, 0.25) is 0 Å². The van der Waals surface area contributed by atoms with Crippen molar-refractivity contribution in [3.63, 3.8) is 0 Å². The summed E-state index contributed by atoms with van der Waals surface area (Å²) in [6.07, 6.45) is 4.43. The molecule has 0 amide bonds. The van der Waals surface area contributed by atoms with Crippen molar-refractivity contribution in [2.45, 2.75) is 12.5 Å². The van der Waals surface area contributed by atoms with Crippen molar-refractivity contribution < 1.29 is 0 Å². The number of hydrogen-bond acceptors (Lipinski definition) is 3. The van der Waals surface area contributed by atoms with Crippen LogP contribution in [0, 0.1) is 0 Å². The van der Waals surface area contributed by atoms with Gasteiger partial charge in [-0.05, 0) is 24.1 Å². The van der Waals surface area contributed by atoms with E-state index in [2.05, 4.69) is 22.4 Å². The molecule has 3 nitrogen and oxygen atoms in total. The molecule has 0 unspecified atom stereocenters. The third-order valence-corrected chi connectivity index (χ3v) is 2.59. The van der Waals surface area contributed by atoms with E-state index in [-0.39, 0.29) is 6.04 Å². The third-order valence-electron chi connectivity index (χ3n) is 2.59. The molecule has 0 bridgehead atoms. The lowest BCUT2D eigenvalue weighted by Crippen LogP contribution is -2.31. The van der Waals surface area contributed by atoms with Crippen molar-refractivity contribution in [1.29, 1.82) is 0 Å². The van der Waals surface area contributed by atoms with Crippen LogP contribution in [0.15, 0.2) is 54.9 Å². The molecule has 0 radical (unpaired) electrons. The van der Waals surface area contributed by atoms with Crippen LogP contribution < -0.4 is 11.1 Å². The summed E-state index contributed by atoms with van der Waals surface area (Å²) in [5.41, 5.74) is 8.41. The first-order chi connectivity index (χ1) is 8.34. The molecular formula is C14H17N3. The number of nitrogens with two attached hydrogens (primary N) is 1. The van der Waals surface area contributed by atoms with Gasteiger partial charge in [-0.15, -0.1) is 0 Å². The molecular weight excluding hydrogens is 210 g/mol. The Kier molecular flexibility index (Phi) is 4.11. The molecule has 0 aliphatic heterocycles. The lowest BCUT2D eigenvalue weighted by Gasteiger charge is -2.13. The largest absolute Gasteiger partial charge is 0.383 e. The van der Waals surface area contributed by atoms with Crippen LogP contribution in [0.4, 0.5) is 5.69 Å². The van der Waals surface area contributed by atoms with Gasteiger partial charge in [-0.1, -0.05) is 30.3 Å². The second-order valence-corrected chi connectivity index (χ2v) is 4.07. The SMILES string of the molecule is N[C@@H](CNc1ccncc1)Cc1ccccc1. The molecule has 0 aliphatic carbocycles. The van der Waals surface area contributed by atoms with Gasteiger partial charge in [0, 0.05) is 30.7 Å². The van der Waals surface area contributed by atoms with Gasteiger partial charge in [-0.3, -0.25) is 4.98 Å². The van der Waals surface area contributed by atoms with E-state index in [1.165, 1.54) is 5.56 Å². The quantitative estimate of drug-likeness (QED) is 0.822. The summed E-state index contributed by atoms with van der Waals surface area (Å²) < 4.78 is 0. The zero-order valence-electron chi connectivity index (χ0n) is 9.71. The summed E-state index contributed by atoms with van der Waals surface area (Å²) in [6, 6.07) is 14.3. The van der Waals surface area contributed by atoms with E-state index in [9.17, 15) is 0 Å². The lowest BCUT2D eigenvalue weighted by atomic mass is 10.1. The molecule has 3 N–H and O–H groups in total. The van der Waals surface area contributed by atoms with Crippen LogP contribution in [-0.2, 0) is 6.42 Å². The fraction of sp³-hybridized carbons (Fsp3) is 0.214. The summed E-state index contributed by atoms with van der Waals surface area (Å²) in [5, 5.41) is 3.30. The Morgan fingerprint density at radius 2 is 1.76 bits per heavy atom. The van der Waals surface area contributed by atoms with Gasteiger partial charge in [0.2, 0.25) is 0 Å². The van der Waals surface area contributed by atoms with Crippen molar-refractivity contribution in [2.75, 3.05) is 11.9 Å². The number of pyridine rings is 1. The molecule has 88 valence electrons. The van der Waals surface area contributed by atoms with E-state index in [1.807, 2.05) is 30.3 Å². The monoisotopic (exact) mass is 227 g/mol. The molecule has 17 heavy (non-hydrogen) atoms. The highest BCUT2D eigenvalue weighted by Gasteiger charge is 2.03. The van der Waals surface area contributed by atoms with E-state index in [4.69, 9.17) is 5.73 Å². The second-order valence-electron chi connectivity index (χ2n) is 4.07. The van der Waals surface area contributed by atoms with Crippen LogP contribution in [-0.4, -0.2) is 17.6 Å². The van der Waals surface area contributed by atoms with Crippen LogP contribution in [0.5, 0.6) is 0 Å². The molecule has 0 spiro atoms. The molecule has 1 heterocycles. The normalized spacial score (nSPS) is 12.1. The fourth-order valence-electron chi connectivity index (χ4n) is 1.71. The zero-order chi connectivity index (χ0) is 11.9. The number of aromatic nitrogens is 1. The van der Waals surface area contributed by atoms with Gasteiger partial charge < -0.3 is 11.1 Å². The number of benzene rings is 1. The maximum Gasteiger partial charge on any atom is 0.0371 e. The summed E-state index contributed by atoms with van der Waals surface area (Å²) in [4.78, 5) is 3.97. The topological polar surface area (TPSA) is 50.9 Å². The minimum absolute atomic E-state index is 0.116. The Hall–Kier alpha value is -1.87. The van der Waals surface area contributed by atoms with E-state index in [1.54, 1.807) is 12.4 Å². The highest BCUT2D eigenvalue weighted by atomic mass is 14.9. The molecule has 1 aromatic carbocycles. The average molecular weight is 227 g/mol. The summed E-state index contributed by atoms with van der Waals surface area (Å²) in [6.45, 7) is 0.763. The van der Waals surface area contributed by atoms with Gasteiger partial charge in [0.1, 0.15) is 0 Å². The Labute approximate surface area is 102 Å². The fourth-order valence-corrected chi connectivity index (χ4v) is 1.71. The van der Waals surface area contributed by atoms with Crippen LogP contribution in [0.3, 0.4) is 0 Å². The molecule has 0 saturated heterocycles. The maximum absolute atomic E-state index is 6.08. The Balaban J connectivity index is 1.80.